The van der Waals surface area contributed by atoms with Crippen LogP contribution < -0.4 is 10.6 Å². The summed E-state index contributed by atoms with van der Waals surface area (Å²) in [5.41, 5.74) is 0. The van der Waals surface area contributed by atoms with Crippen LogP contribution in [0.2, 0.25) is 0 Å². The molecule has 1 aliphatic heterocycles. The van der Waals surface area contributed by atoms with Crippen LogP contribution in [0.15, 0.2) is 0 Å². The molecule has 0 aromatic carbocycles. The Labute approximate surface area is 90.4 Å². The van der Waals surface area contributed by atoms with Crippen molar-refractivity contribution in [1.29, 1.82) is 0 Å². The maximum absolute atomic E-state index is 11.2. The van der Waals surface area contributed by atoms with E-state index in [1.807, 2.05) is 11.8 Å². The van der Waals surface area contributed by atoms with Crippen molar-refractivity contribution in [3.05, 3.63) is 0 Å². The van der Waals surface area contributed by atoms with E-state index in [9.17, 15) is 4.79 Å². The molecule has 0 aliphatic carbocycles. The zero-order valence-corrected chi connectivity index (χ0v) is 9.66. The highest BCUT2D eigenvalue weighted by Crippen LogP contribution is 2.16. The molecule has 4 heteroatoms. The van der Waals surface area contributed by atoms with E-state index < -0.39 is 0 Å². The predicted molar refractivity (Wildman–Crippen MR) is 61.7 cm³/mol. The molecular formula is C10H20N2OS. The predicted octanol–water partition coefficient (Wildman–Crippen LogP) is 0.998. The molecule has 0 spiro atoms. The van der Waals surface area contributed by atoms with Crippen molar-refractivity contribution in [2.45, 2.75) is 32.2 Å². The van der Waals surface area contributed by atoms with E-state index in [2.05, 4.69) is 17.6 Å². The quantitative estimate of drug-likeness (QED) is 0.696. The van der Waals surface area contributed by atoms with Crippen LogP contribution in [-0.4, -0.2) is 36.5 Å². The molecule has 0 saturated carbocycles. The molecule has 1 amide bonds. The number of carbonyl (C=O) groups is 1. The second-order valence-corrected chi connectivity index (χ2v) is 4.76. The third-order valence-corrected chi connectivity index (χ3v) is 3.45. The third-order valence-electron chi connectivity index (χ3n) is 2.29. The van der Waals surface area contributed by atoms with Crippen molar-refractivity contribution in [1.82, 2.24) is 10.6 Å². The van der Waals surface area contributed by atoms with Crippen LogP contribution >= 0.6 is 11.8 Å². The first-order valence-electron chi connectivity index (χ1n) is 5.40. The summed E-state index contributed by atoms with van der Waals surface area (Å²) in [7, 11) is 0. The summed E-state index contributed by atoms with van der Waals surface area (Å²) in [4.78, 5) is 11.2. The lowest BCUT2D eigenvalue weighted by atomic mass is 10.2. The zero-order valence-electron chi connectivity index (χ0n) is 8.84. The largest absolute Gasteiger partial charge is 0.356 e. The second kappa shape index (κ2) is 7.12. The molecule has 14 heavy (non-hydrogen) atoms. The Morgan fingerprint density at radius 3 is 3.00 bits per heavy atom. The van der Waals surface area contributed by atoms with Crippen LogP contribution in [0, 0.1) is 0 Å². The van der Waals surface area contributed by atoms with Gasteiger partial charge in [0.1, 0.15) is 0 Å². The molecule has 0 bridgehead atoms. The monoisotopic (exact) mass is 216 g/mol. The Hall–Kier alpha value is -0.220. The molecule has 1 aliphatic rings. The Bertz CT molecular complexity index is 170. The topological polar surface area (TPSA) is 41.1 Å². The fourth-order valence-corrected chi connectivity index (χ4v) is 2.63. The molecule has 1 fully saturated rings. The number of amides is 1. The Kier molecular flexibility index (Phi) is 6.03. The van der Waals surface area contributed by atoms with Crippen molar-refractivity contribution >= 4 is 17.7 Å². The van der Waals surface area contributed by atoms with Crippen LogP contribution in [0.5, 0.6) is 0 Å². The Morgan fingerprint density at radius 2 is 2.36 bits per heavy atom. The first-order chi connectivity index (χ1) is 6.83. The molecule has 1 saturated heterocycles. The van der Waals surface area contributed by atoms with E-state index in [1.54, 1.807) is 0 Å². The fourth-order valence-electron chi connectivity index (χ4n) is 1.44. The third kappa shape index (κ3) is 4.86. The molecule has 0 aromatic rings. The van der Waals surface area contributed by atoms with Gasteiger partial charge in [-0.1, -0.05) is 6.92 Å². The molecule has 1 heterocycles. The number of thioether (sulfide) groups is 1. The van der Waals surface area contributed by atoms with Crippen LogP contribution in [0.3, 0.4) is 0 Å². The zero-order chi connectivity index (χ0) is 10.2. The average Bonchev–Trinajstić information content (AvgIpc) is 2.67. The van der Waals surface area contributed by atoms with Crippen molar-refractivity contribution < 1.29 is 4.79 Å². The van der Waals surface area contributed by atoms with E-state index in [0.29, 0.717) is 12.5 Å². The number of hydrogen-bond donors (Lipinski definition) is 2. The minimum atomic E-state index is 0.171. The summed E-state index contributed by atoms with van der Waals surface area (Å²) in [5.74, 6) is 2.64. The molecule has 1 unspecified atom stereocenters. The van der Waals surface area contributed by atoms with E-state index in [1.165, 1.54) is 17.9 Å². The van der Waals surface area contributed by atoms with Crippen LogP contribution in [0.1, 0.15) is 26.2 Å². The molecule has 1 atom stereocenters. The lowest BCUT2D eigenvalue weighted by Gasteiger charge is -2.10. The van der Waals surface area contributed by atoms with Gasteiger partial charge in [0.15, 0.2) is 0 Å². The minimum Gasteiger partial charge on any atom is -0.356 e. The van der Waals surface area contributed by atoms with Crippen LogP contribution in [0.25, 0.3) is 0 Å². The van der Waals surface area contributed by atoms with Gasteiger partial charge < -0.3 is 10.6 Å². The normalized spacial score (nSPS) is 21.1. The van der Waals surface area contributed by atoms with Crippen molar-refractivity contribution in [2.75, 3.05) is 24.6 Å². The van der Waals surface area contributed by atoms with E-state index >= 15 is 0 Å². The average molecular weight is 216 g/mol. The minimum absolute atomic E-state index is 0.171. The van der Waals surface area contributed by atoms with E-state index in [0.717, 1.165) is 19.5 Å². The number of rotatable bonds is 6. The number of hydrogen-bond acceptors (Lipinski definition) is 3. The maximum Gasteiger partial charge on any atom is 0.221 e. The van der Waals surface area contributed by atoms with Gasteiger partial charge in [0.25, 0.3) is 0 Å². The highest BCUT2D eigenvalue weighted by Gasteiger charge is 2.14. The van der Waals surface area contributed by atoms with Crippen LogP contribution in [0.4, 0.5) is 0 Å². The summed E-state index contributed by atoms with van der Waals surface area (Å²) in [6.07, 6.45) is 2.88. The summed E-state index contributed by atoms with van der Waals surface area (Å²) in [6, 6.07) is 0.638. The van der Waals surface area contributed by atoms with Crippen molar-refractivity contribution in [3.63, 3.8) is 0 Å². The smallest absolute Gasteiger partial charge is 0.221 e. The Morgan fingerprint density at radius 1 is 1.50 bits per heavy atom. The highest BCUT2D eigenvalue weighted by atomic mass is 32.2. The molecule has 0 radical (unpaired) electrons. The van der Waals surface area contributed by atoms with E-state index in [4.69, 9.17) is 0 Å². The van der Waals surface area contributed by atoms with Gasteiger partial charge in [-0.3, -0.25) is 4.79 Å². The van der Waals surface area contributed by atoms with Gasteiger partial charge in [0, 0.05) is 31.3 Å². The summed E-state index contributed by atoms with van der Waals surface area (Å²) >= 11 is 1.99. The SMILES string of the molecule is CCCNC(=O)CCNC1CCSC1. The standard InChI is InChI=1S/C10H20N2OS/c1-2-5-12-10(13)3-6-11-9-4-7-14-8-9/h9,11H,2-8H2,1H3,(H,12,13). The molecule has 0 aromatic heterocycles. The van der Waals surface area contributed by atoms with Crippen molar-refractivity contribution in [2.24, 2.45) is 0 Å². The second-order valence-electron chi connectivity index (χ2n) is 3.61. The first-order valence-corrected chi connectivity index (χ1v) is 6.56. The molecule has 82 valence electrons. The van der Waals surface area contributed by atoms with Crippen LogP contribution in [-0.2, 0) is 4.79 Å². The number of nitrogens with one attached hydrogen (secondary N) is 2. The van der Waals surface area contributed by atoms with Gasteiger partial charge in [-0.15, -0.1) is 0 Å². The summed E-state index contributed by atoms with van der Waals surface area (Å²) in [5, 5.41) is 6.28. The maximum atomic E-state index is 11.2. The fraction of sp³-hybridized carbons (Fsp3) is 0.900. The number of carbonyl (C=O) groups excluding carboxylic acids is 1. The van der Waals surface area contributed by atoms with Gasteiger partial charge in [0.05, 0.1) is 0 Å². The molecule has 1 rings (SSSR count). The van der Waals surface area contributed by atoms with Gasteiger partial charge in [0.2, 0.25) is 5.91 Å². The van der Waals surface area contributed by atoms with E-state index in [-0.39, 0.29) is 5.91 Å². The summed E-state index contributed by atoms with van der Waals surface area (Å²) in [6.45, 7) is 3.69. The van der Waals surface area contributed by atoms with Crippen molar-refractivity contribution in [3.8, 4) is 0 Å². The highest BCUT2D eigenvalue weighted by molar-refractivity contribution is 7.99. The van der Waals surface area contributed by atoms with Gasteiger partial charge in [-0.2, -0.15) is 11.8 Å². The molecule has 2 N–H and O–H groups in total. The van der Waals surface area contributed by atoms with Gasteiger partial charge >= 0.3 is 0 Å². The van der Waals surface area contributed by atoms with Gasteiger partial charge in [-0.25, -0.2) is 0 Å². The first kappa shape index (κ1) is 11.9. The lowest BCUT2D eigenvalue weighted by Crippen LogP contribution is -2.33. The summed E-state index contributed by atoms with van der Waals surface area (Å²) < 4.78 is 0. The molecule has 3 nitrogen and oxygen atoms in total. The Balaban J connectivity index is 1.94. The molecular weight excluding hydrogens is 196 g/mol. The van der Waals surface area contributed by atoms with Gasteiger partial charge in [-0.05, 0) is 18.6 Å². The lowest BCUT2D eigenvalue weighted by molar-refractivity contribution is -0.121.